The molecule has 4 nitrogen and oxygen atoms in total. The zero-order chi connectivity index (χ0) is 24.8. The Hall–Kier alpha value is -2.95. The molecule has 1 fully saturated rings. The minimum absolute atomic E-state index is 0.0453. The number of nitrogens with zero attached hydrogens (tertiary/aromatic N) is 2. The Kier molecular flexibility index (Phi) is 8.04. The molecule has 0 amide bonds. The fourth-order valence-corrected chi connectivity index (χ4v) is 5.04. The van der Waals surface area contributed by atoms with Crippen LogP contribution in [0.2, 0.25) is 0 Å². The summed E-state index contributed by atoms with van der Waals surface area (Å²) in [6.07, 6.45) is 0. The van der Waals surface area contributed by atoms with Crippen LogP contribution in [0.25, 0.3) is 0 Å². The molecule has 4 heteroatoms. The van der Waals surface area contributed by atoms with Crippen LogP contribution < -0.4 is 0 Å². The molecular formula is C31H38N2O2. The molecule has 0 bridgehead atoms. The highest BCUT2D eigenvalue weighted by Gasteiger charge is 2.44. The zero-order valence-corrected chi connectivity index (χ0v) is 21.4. The Labute approximate surface area is 210 Å². The highest BCUT2D eigenvalue weighted by molar-refractivity contribution is 5.74. The van der Waals surface area contributed by atoms with Crippen molar-refractivity contribution in [3.63, 3.8) is 0 Å². The Morgan fingerprint density at radius 2 is 1.43 bits per heavy atom. The molecule has 3 aromatic carbocycles. The number of rotatable bonds is 8. The number of hydrogen-bond donors (Lipinski definition) is 0. The van der Waals surface area contributed by atoms with Gasteiger partial charge >= 0.3 is 5.97 Å². The van der Waals surface area contributed by atoms with Crippen LogP contribution in [0.4, 0.5) is 0 Å². The van der Waals surface area contributed by atoms with E-state index in [0.717, 1.165) is 19.6 Å². The SMILES string of the molecule is C[C@@H](c1ccccc1)N(Cc1ccccc1)[C@H]1CN(Cc2ccccc2)C[C@@H]1C(=O)OC(C)(C)C. The smallest absolute Gasteiger partial charge is 0.312 e. The Morgan fingerprint density at radius 3 is 2.00 bits per heavy atom. The van der Waals surface area contributed by atoms with Crippen molar-refractivity contribution >= 4 is 5.97 Å². The zero-order valence-electron chi connectivity index (χ0n) is 21.4. The van der Waals surface area contributed by atoms with Gasteiger partial charge in [-0.1, -0.05) is 91.0 Å². The molecule has 184 valence electrons. The van der Waals surface area contributed by atoms with E-state index in [4.69, 9.17) is 4.74 Å². The number of carbonyl (C=O) groups is 1. The summed E-state index contributed by atoms with van der Waals surface area (Å²) in [5.41, 5.74) is 3.26. The van der Waals surface area contributed by atoms with Crippen LogP contribution in [0.15, 0.2) is 91.0 Å². The average molecular weight is 471 g/mol. The lowest BCUT2D eigenvalue weighted by Crippen LogP contribution is -2.45. The van der Waals surface area contributed by atoms with Crippen LogP contribution in [-0.4, -0.2) is 40.5 Å². The van der Waals surface area contributed by atoms with Gasteiger partial charge in [0.15, 0.2) is 0 Å². The number of hydrogen-bond acceptors (Lipinski definition) is 4. The molecule has 0 N–H and O–H groups in total. The first-order valence-electron chi connectivity index (χ1n) is 12.6. The lowest BCUT2D eigenvalue weighted by atomic mass is 9.96. The summed E-state index contributed by atoms with van der Waals surface area (Å²) >= 11 is 0. The monoisotopic (exact) mass is 470 g/mol. The molecule has 0 radical (unpaired) electrons. The minimum atomic E-state index is -0.510. The van der Waals surface area contributed by atoms with Crippen molar-refractivity contribution in [2.24, 2.45) is 5.92 Å². The minimum Gasteiger partial charge on any atom is -0.460 e. The predicted molar refractivity (Wildman–Crippen MR) is 142 cm³/mol. The van der Waals surface area contributed by atoms with E-state index in [2.05, 4.69) is 102 Å². The van der Waals surface area contributed by atoms with Gasteiger partial charge in [0.2, 0.25) is 0 Å². The van der Waals surface area contributed by atoms with Gasteiger partial charge in [-0.2, -0.15) is 0 Å². The molecule has 1 aliphatic rings. The number of benzene rings is 3. The van der Waals surface area contributed by atoms with E-state index in [1.165, 1.54) is 16.7 Å². The van der Waals surface area contributed by atoms with E-state index in [1.54, 1.807) is 0 Å². The van der Waals surface area contributed by atoms with Crippen molar-refractivity contribution in [2.45, 2.75) is 58.5 Å². The summed E-state index contributed by atoms with van der Waals surface area (Å²) in [6.45, 7) is 11.2. The van der Waals surface area contributed by atoms with Gasteiger partial charge in [0.1, 0.15) is 5.60 Å². The highest BCUT2D eigenvalue weighted by atomic mass is 16.6. The molecular weight excluding hydrogens is 432 g/mol. The maximum Gasteiger partial charge on any atom is 0.312 e. The summed E-state index contributed by atoms with van der Waals surface area (Å²) < 4.78 is 5.94. The number of carbonyl (C=O) groups excluding carboxylic acids is 1. The quantitative estimate of drug-likeness (QED) is 0.373. The summed E-state index contributed by atoms with van der Waals surface area (Å²) in [5, 5.41) is 0. The number of ether oxygens (including phenoxy) is 1. The lowest BCUT2D eigenvalue weighted by molar-refractivity contribution is -0.161. The molecule has 4 rings (SSSR count). The summed E-state index contributed by atoms with van der Waals surface area (Å²) in [4.78, 5) is 18.4. The van der Waals surface area contributed by atoms with Gasteiger partial charge in [-0.15, -0.1) is 0 Å². The second kappa shape index (κ2) is 11.2. The van der Waals surface area contributed by atoms with Crippen molar-refractivity contribution in [3.05, 3.63) is 108 Å². The highest BCUT2D eigenvalue weighted by Crippen LogP contribution is 2.33. The molecule has 1 heterocycles. The molecule has 0 spiro atoms. The van der Waals surface area contributed by atoms with Gasteiger partial charge in [0, 0.05) is 38.3 Å². The third kappa shape index (κ3) is 6.81. The van der Waals surface area contributed by atoms with Gasteiger partial charge in [0.05, 0.1) is 5.92 Å². The molecule has 1 aliphatic heterocycles. The first-order valence-corrected chi connectivity index (χ1v) is 12.6. The van der Waals surface area contributed by atoms with Crippen molar-refractivity contribution in [3.8, 4) is 0 Å². The molecule has 3 atom stereocenters. The van der Waals surface area contributed by atoms with E-state index in [9.17, 15) is 4.79 Å². The Morgan fingerprint density at radius 1 is 0.886 bits per heavy atom. The topological polar surface area (TPSA) is 32.8 Å². The Bertz CT molecular complexity index is 1060. The standard InChI is InChI=1S/C31H38N2O2/c1-24(27-18-12-7-13-19-27)33(21-26-16-10-6-11-17-26)29-23-32(20-25-14-8-5-9-15-25)22-28(29)30(34)35-31(2,3)4/h5-19,24,28-29H,20-23H2,1-4H3/t24-,28-,29-/m0/s1. The summed E-state index contributed by atoms with van der Waals surface area (Å²) in [5.74, 6) is -0.316. The van der Waals surface area contributed by atoms with Gasteiger partial charge in [-0.25, -0.2) is 0 Å². The van der Waals surface area contributed by atoms with Gasteiger partial charge in [0.25, 0.3) is 0 Å². The number of esters is 1. The molecule has 1 saturated heterocycles. The summed E-state index contributed by atoms with van der Waals surface area (Å²) in [7, 11) is 0. The van der Waals surface area contributed by atoms with Crippen LogP contribution in [0.1, 0.15) is 50.4 Å². The third-order valence-corrected chi connectivity index (χ3v) is 6.74. The number of likely N-dealkylation sites (tertiary alicyclic amines) is 1. The lowest BCUT2D eigenvalue weighted by Gasteiger charge is -2.37. The van der Waals surface area contributed by atoms with Crippen LogP contribution in [0.3, 0.4) is 0 Å². The first kappa shape index (κ1) is 25.2. The second-order valence-electron chi connectivity index (χ2n) is 10.6. The van der Waals surface area contributed by atoms with Gasteiger partial charge in [-0.3, -0.25) is 14.6 Å². The fourth-order valence-electron chi connectivity index (χ4n) is 5.04. The second-order valence-corrected chi connectivity index (χ2v) is 10.6. The van der Waals surface area contributed by atoms with E-state index >= 15 is 0 Å². The Balaban J connectivity index is 1.66. The van der Waals surface area contributed by atoms with E-state index < -0.39 is 5.60 Å². The average Bonchev–Trinajstić information content (AvgIpc) is 3.26. The van der Waals surface area contributed by atoms with Gasteiger partial charge < -0.3 is 4.74 Å². The van der Waals surface area contributed by atoms with Crippen molar-refractivity contribution in [1.82, 2.24) is 9.80 Å². The molecule has 0 saturated carbocycles. The van der Waals surface area contributed by atoms with Crippen molar-refractivity contribution < 1.29 is 9.53 Å². The van der Waals surface area contributed by atoms with E-state index in [1.807, 2.05) is 26.8 Å². The van der Waals surface area contributed by atoms with Crippen LogP contribution >= 0.6 is 0 Å². The molecule has 35 heavy (non-hydrogen) atoms. The molecule has 3 aromatic rings. The van der Waals surface area contributed by atoms with E-state index in [0.29, 0.717) is 6.54 Å². The molecule has 0 aromatic heterocycles. The maximum absolute atomic E-state index is 13.5. The van der Waals surface area contributed by atoms with E-state index in [-0.39, 0.29) is 24.0 Å². The van der Waals surface area contributed by atoms with Gasteiger partial charge in [-0.05, 0) is 44.4 Å². The largest absolute Gasteiger partial charge is 0.460 e. The summed E-state index contributed by atoms with van der Waals surface area (Å²) in [6, 6.07) is 31.9. The first-order chi connectivity index (χ1) is 16.8. The van der Waals surface area contributed by atoms with Crippen molar-refractivity contribution in [1.29, 1.82) is 0 Å². The normalized spacial score (nSPS) is 19.6. The fraction of sp³-hybridized carbons (Fsp3) is 0.387. The predicted octanol–water partition coefficient (Wildman–Crippen LogP) is 6.09. The molecule has 0 unspecified atom stereocenters. The maximum atomic E-state index is 13.5. The third-order valence-electron chi connectivity index (χ3n) is 6.74. The molecule has 0 aliphatic carbocycles. The van der Waals surface area contributed by atoms with Crippen molar-refractivity contribution in [2.75, 3.05) is 13.1 Å². The van der Waals surface area contributed by atoms with Crippen LogP contribution in [-0.2, 0) is 22.6 Å². The van der Waals surface area contributed by atoms with Crippen LogP contribution in [0.5, 0.6) is 0 Å². The van der Waals surface area contributed by atoms with Crippen LogP contribution in [0, 0.1) is 5.92 Å².